The third kappa shape index (κ3) is 6.12. The molecular formula is C64H40Se. The Morgan fingerprint density at radius 1 is 0.200 bits per heavy atom. The molecule has 0 saturated carbocycles. The van der Waals surface area contributed by atoms with Gasteiger partial charge in [0, 0.05) is 0 Å². The van der Waals surface area contributed by atoms with Crippen LogP contribution in [-0.2, 0) is 0 Å². The van der Waals surface area contributed by atoms with Crippen molar-refractivity contribution in [3.05, 3.63) is 243 Å². The third-order valence-corrected chi connectivity index (χ3v) is 15.8. The minimum absolute atomic E-state index is 0.142. The topological polar surface area (TPSA) is 0 Å². The van der Waals surface area contributed by atoms with Gasteiger partial charge in [-0.3, -0.25) is 0 Å². The van der Waals surface area contributed by atoms with Crippen molar-refractivity contribution in [1.29, 1.82) is 0 Å². The van der Waals surface area contributed by atoms with E-state index in [1.54, 1.807) is 0 Å². The predicted molar refractivity (Wildman–Crippen MR) is 281 cm³/mol. The van der Waals surface area contributed by atoms with Crippen molar-refractivity contribution in [3.63, 3.8) is 0 Å². The van der Waals surface area contributed by atoms with Gasteiger partial charge in [-0.25, -0.2) is 0 Å². The fourth-order valence-electron chi connectivity index (χ4n) is 10.7. The summed E-state index contributed by atoms with van der Waals surface area (Å²) in [6.07, 6.45) is 0. The summed E-state index contributed by atoms with van der Waals surface area (Å²) in [5.74, 6) is 0. The first-order chi connectivity index (χ1) is 32.3. The Kier molecular flexibility index (Phi) is 8.98. The van der Waals surface area contributed by atoms with Gasteiger partial charge in [-0.2, -0.15) is 0 Å². The van der Waals surface area contributed by atoms with Crippen molar-refractivity contribution in [2.24, 2.45) is 0 Å². The van der Waals surface area contributed by atoms with E-state index in [9.17, 15) is 0 Å². The molecule has 0 radical (unpaired) electrons. The fourth-order valence-corrected chi connectivity index (χ4v) is 13.1. The normalized spacial score (nSPS) is 11.7. The Labute approximate surface area is 384 Å². The Balaban J connectivity index is 1.12. The summed E-state index contributed by atoms with van der Waals surface area (Å²) < 4.78 is 2.88. The van der Waals surface area contributed by atoms with Gasteiger partial charge < -0.3 is 0 Å². The molecule has 0 N–H and O–H groups in total. The fraction of sp³-hybridized carbons (Fsp3) is 0. The van der Waals surface area contributed by atoms with Gasteiger partial charge in [0.15, 0.2) is 0 Å². The SMILES string of the molecule is c1ccc(-c2cc(-c3ccccc3)cc(-c3c4ccccc4c(-c4cccc5[se]c6cccc(-c7c8ccccc8c(-c8ccccc8)c8ccccc78)c6c45)c4ccccc34)c2)cc1. The monoisotopic (exact) mass is 888 g/mol. The summed E-state index contributed by atoms with van der Waals surface area (Å²) in [5.41, 5.74) is 15.1. The number of hydrogen-bond acceptors (Lipinski definition) is 0. The van der Waals surface area contributed by atoms with Crippen molar-refractivity contribution in [2.75, 3.05) is 0 Å². The van der Waals surface area contributed by atoms with Crippen LogP contribution in [0.1, 0.15) is 0 Å². The molecule has 0 bridgehead atoms. The van der Waals surface area contributed by atoms with E-state index in [-0.39, 0.29) is 14.5 Å². The molecule has 13 rings (SSSR count). The maximum absolute atomic E-state index is 2.40. The molecule has 13 aromatic rings. The zero-order chi connectivity index (χ0) is 42.8. The third-order valence-electron chi connectivity index (χ3n) is 13.4. The first kappa shape index (κ1) is 37.7. The summed E-state index contributed by atoms with van der Waals surface area (Å²) >= 11 is 0.142. The number of hydrogen-bond donors (Lipinski definition) is 0. The van der Waals surface area contributed by atoms with Crippen LogP contribution in [0, 0.1) is 0 Å². The molecule has 12 aromatic carbocycles. The van der Waals surface area contributed by atoms with Crippen molar-refractivity contribution in [3.8, 4) is 66.8 Å². The van der Waals surface area contributed by atoms with Crippen LogP contribution in [0.5, 0.6) is 0 Å². The van der Waals surface area contributed by atoms with Crippen molar-refractivity contribution < 1.29 is 0 Å². The van der Waals surface area contributed by atoms with Gasteiger partial charge in [-0.1, -0.05) is 36.4 Å². The average molecular weight is 888 g/mol. The van der Waals surface area contributed by atoms with Crippen LogP contribution in [0.25, 0.3) is 129 Å². The molecule has 302 valence electrons. The Morgan fingerprint density at radius 2 is 0.492 bits per heavy atom. The van der Waals surface area contributed by atoms with E-state index in [4.69, 9.17) is 0 Å². The molecule has 0 aliphatic carbocycles. The molecule has 1 aromatic heterocycles. The van der Waals surface area contributed by atoms with E-state index in [1.165, 1.54) is 129 Å². The molecule has 0 nitrogen and oxygen atoms in total. The minimum Gasteiger partial charge on any atom is -0.0617 e. The van der Waals surface area contributed by atoms with E-state index in [2.05, 4.69) is 243 Å². The quantitative estimate of drug-likeness (QED) is 0.115. The van der Waals surface area contributed by atoms with Crippen LogP contribution in [0.2, 0.25) is 0 Å². The number of benzene rings is 12. The molecule has 0 spiro atoms. The van der Waals surface area contributed by atoms with E-state index < -0.39 is 0 Å². The second-order valence-corrected chi connectivity index (χ2v) is 19.3. The molecule has 0 atom stereocenters. The van der Waals surface area contributed by atoms with E-state index in [0.29, 0.717) is 0 Å². The van der Waals surface area contributed by atoms with Crippen molar-refractivity contribution in [1.82, 2.24) is 0 Å². The molecule has 0 fully saturated rings. The van der Waals surface area contributed by atoms with Gasteiger partial charge in [0.25, 0.3) is 0 Å². The van der Waals surface area contributed by atoms with E-state index in [1.807, 2.05) is 0 Å². The second kappa shape index (κ2) is 15.5. The smallest absolute Gasteiger partial charge is 0.0617 e. The van der Waals surface area contributed by atoms with Crippen LogP contribution in [0.3, 0.4) is 0 Å². The summed E-state index contributed by atoms with van der Waals surface area (Å²) in [5, 5.41) is 12.9. The molecule has 0 amide bonds. The van der Waals surface area contributed by atoms with Crippen LogP contribution in [0.15, 0.2) is 243 Å². The second-order valence-electron chi connectivity index (χ2n) is 17.0. The van der Waals surface area contributed by atoms with Gasteiger partial charge in [-0.15, -0.1) is 0 Å². The molecule has 65 heavy (non-hydrogen) atoms. The Hall–Kier alpha value is -7.80. The van der Waals surface area contributed by atoms with E-state index >= 15 is 0 Å². The summed E-state index contributed by atoms with van der Waals surface area (Å²) in [6.45, 7) is 0. The molecule has 1 heterocycles. The van der Waals surface area contributed by atoms with Gasteiger partial charge in [0.2, 0.25) is 0 Å². The van der Waals surface area contributed by atoms with Crippen LogP contribution in [0.4, 0.5) is 0 Å². The molecule has 0 saturated heterocycles. The van der Waals surface area contributed by atoms with Gasteiger partial charge in [0.1, 0.15) is 0 Å². The van der Waals surface area contributed by atoms with Crippen LogP contribution in [-0.4, -0.2) is 14.5 Å². The molecule has 0 aliphatic rings. The summed E-state index contributed by atoms with van der Waals surface area (Å²) in [4.78, 5) is 0. The Bertz CT molecular complexity index is 3800. The van der Waals surface area contributed by atoms with Crippen molar-refractivity contribution in [2.45, 2.75) is 0 Å². The standard InChI is InChI=1S/C64H40Se/c1-4-20-41(21-5-1)44-38-45(42-22-6-2-7-23-42)40-46(39-44)60-49-28-12-16-32-53(49)62(54-33-17-13-29-50(54)60)56-35-19-37-58-64(56)63-55(34-18-36-57(63)65-58)61-51-30-14-10-26-47(51)59(43-24-8-3-9-25-43)48-27-11-15-31-52(48)61/h1-40H. The first-order valence-electron chi connectivity index (χ1n) is 22.4. The van der Waals surface area contributed by atoms with Gasteiger partial charge in [0.05, 0.1) is 0 Å². The van der Waals surface area contributed by atoms with E-state index in [0.717, 1.165) is 0 Å². The predicted octanol–water partition coefficient (Wildman–Crippen LogP) is 17.7. The Morgan fingerprint density at radius 3 is 0.862 bits per heavy atom. The molecule has 1 heteroatoms. The summed E-state index contributed by atoms with van der Waals surface area (Å²) in [6, 6.07) is 90.2. The van der Waals surface area contributed by atoms with Gasteiger partial charge >= 0.3 is 350 Å². The zero-order valence-corrected chi connectivity index (χ0v) is 37.2. The minimum atomic E-state index is 0.142. The molecule has 0 aliphatic heterocycles. The average Bonchev–Trinajstić information content (AvgIpc) is 3.78. The number of rotatable bonds is 6. The molecule has 0 unspecified atom stereocenters. The first-order valence-corrected chi connectivity index (χ1v) is 24.1. The van der Waals surface area contributed by atoms with Crippen LogP contribution >= 0.6 is 0 Å². The number of fused-ring (bicyclic) bond motifs is 7. The maximum atomic E-state index is 2.40. The van der Waals surface area contributed by atoms with Gasteiger partial charge in [-0.05, 0) is 0 Å². The van der Waals surface area contributed by atoms with Crippen molar-refractivity contribution >= 4 is 76.9 Å². The zero-order valence-electron chi connectivity index (χ0n) is 35.5. The molecular weight excluding hydrogens is 848 g/mol. The summed E-state index contributed by atoms with van der Waals surface area (Å²) in [7, 11) is 0. The van der Waals surface area contributed by atoms with Crippen LogP contribution < -0.4 is 0 Å².